The van der Waals surface area contributed by atoms with E-state index in [1.807, 2.05) is 13.8 Å². The molecule has 0 bridgehead atoms. The highest BCUT2D eigenvalue weighted by atomic mass is 16.4. The molecule has 0 unspecified atom stereocenters. The number of carbonyl (C=O) groups is 2. The van der Waals surface area contributed by atoms with Crippen LogP contribution in [0.25, 0.3) is 0 Å². The highest BCUT2D eigenvalue weighted by Gasteiger charge is 2.37. The molecule has 1 fully saturated rings. The summed E-state index contributed by atoms with van der Waals surface area (Å²) < 4.78 is 0. The van der Waals surface area contributed by atoms with Gasteiger partial charge in [0.15, 0.2) is 0 Å². The number of aliphatic carboxylic acids is 1. The van der Waals surface area contributed by atoms with E-state index in [0.29, 0.717) is 18.4 Å². The summed E-state index contributed by atoms with van der Waals surface area (Å²) in [7, 11) is 0. The second-order valence-electron chi connectivity index (χ2n) is 6.73. The predicted molar refractivity (Wildman–Crippen MR) is 74.0 cm³/mol. The lowest BCUT2D eigenvalue weighted by atomic mass is 9.84. The molecule has 0 aromatic heterocycles. The summed E-state index contributed by atoms with van der Waals surface area (Å²) in [5.41, 5.74) is 0.256. The third kappa shape index (κ3) is 7.03. The van der Waals surface area contributed by atoms with Crippen LogP contribution in [0.2, 0.25) is 0 Å². The van der Waals surface area contributed by atoms with Crippen molar-refractivity contribution in [3.63, 3.8) is 0 Å². The van der Waals surface area contributed by atoms with Crippen LogP contribution < -0.4 is 10.6 Å². The van der Waals surface area contributed by atoms with Crippen molar-refractivity contribution in [2.75, 3.05) is 13.1 Å². The maximum atomic E-state index is 11.6. The Bertz CT molecular complexity index is 336. The largest absolute Gasteiger partial charge is 0.481 e. The van der Waals surface area contributed by atoms with Crippen molar-refractivity contribution >= 4 is 12.0 Å². The van der Waals surface area contributed by atoms with Crippen molar-refractivity contribution in [2.24, 2.45) is 10.8 Å². The van der Waals surface area contributed by atoms with Crippen LogP contribution in [0, 0.1) is 10.8 Å². The standard InChI is InChI=1S/C14H26N2O3/c1-13(2,5-4-11(17)18)8-9-15-12(19)16-10-14(3)6-7-14/h4-10H2,1-3H3,(H,17,18)(H2,15,16,19). The van der Waals surface area contributed by atoms with E-state index >= 15 is 0 Å². The molecule has 19 heavy (non-hydrogen) atoms. The smallest absolute Gasteiger partial charge is 0.314 e. The first kappa shape index (κ1) is 15.8. The molecule has 5 heteroatoms. The van der Waals surface area contributed by atoms with E-state index in [-0.39, 0.29) is 17.9 Å². The van der Waals surface area contributed by atoms with Crippen LogP contribution >= 0.6 is 0 Å². The first-order valence-electron chi connectivity index (χ1n) is 6.96. The van der Waals surface area contributed by atoms with Gasteiger partial charge >= 0.3 is 12.0 Å². The first-order chi connectivity index (χ1) is 8.72. The van der Waals surface area contributed by atoms with Crippen molar-refractivity contribution in [1.82, 2.24) is 10.6 Å². The zero-order valence-electron chi connectivity index (χ0n) is 12.2. The molecule has 0 heterocycles. The lowest BCUT2D eigenvalue weighted by Crippen LogP contribution is -2.39. The van der Waals surface area contributed by atoms with Crippen molar-refractivity contribution in [1.29, 1.82) is 0 Å². The summed E-state index contributed by atoms with van der Waals surface area (Å²) in [4.78, 5) is 22.1. The van der Waals surface area contributed by atoms with Crippen molar-refractivity contribution in [3.05, 3.63) is 0 Å². The lowest BCUT2D eigenvalue weighted by Gasteiger charge is -2.24. The fraction of sp³-hybridized carbons (Fsp3) is 0.857. The summed E-state index contributed by atoms with van der Waals surface area (Å²) in [5, 5.41) is 14.4. The van der Waals surface area contributed by atoms with Gasteiger partial charge in [-0.25, -0.2) is 4.79 Å². The van der Waals surface area contributed by atoms with Gasteiger partial charge in [-0.3, -0.25) is 4.79 Å². The number of carboxylic acid groups (broad SMARTS) is 1. The number of rotatable bonds is 8. The maximum Gasteiger partial charge on any atom is 0.314 e. The summed E-state index contributed by atoms with van der Waals surface area (Å²) in [6, 6.07) is -0.123. The number of hydrogen-bond donors (Lipinski definition) is 3. The highest BCUT2D eigenvalue weighted by molar-refractivity contribution is 5.73. The van der Waals surface area contributed by atoms with Crippen LogP contribution in [0.1, 0.15) is 52.9 Å². The number of amides is 2. The SMILES string of the molecule is CC(C)(CCNC(=O)NCC1(C)CC1)CCC(=O)O. The molecule has 1 saturated carbocycles. The van der Waals surface area contributed by atoms with E-state index in [4.69, 9.17) is 5.11 Å². The summed E-state index contributed by atoms with van der Waals surface area (Å²) in [6.07, 6.45) is 3.97. The molecule has 0 radical (unpaired) electrons. The summed E-state index contributed by atoms with van der Waals surface area (Å²) in [5.74, 6) is -0.767. The fourth-order valence-electron chi connectivity index (χ4n) is 1.83. The van der Waals surface area contributed by atoms with Crippen LogP contribution in [0.5, 0.6) is 0 Å². The normalized spacial score (nSPS) is 16.8. The molecule has 0 aliphatic heterocycles. The molecule has 1 aliphatic carbocycles. The zero-order valence-corrected chi connectivity index (χ0v) is 12.2. The van der Waals surface area contributed by atoms with Crippen LogP contribution in [-0.4, -0.2) is 30.2 Å². The molecular formula is C14H26N2O3. The van der Waals surface area contributed by atoms with E-state index in [9.17, 15) is 9.59 Å². The molecule has 0 saturated heterocycles. The Kier molecular flexibility index (Phi) is 5.20. The monoisotopic (exact) mass is 270 g/mol. The van der Waals surface area contributed by atoms with Crippen LogP contribution in [0.3, 0.4) is 0 Å². The molecule has 1 aliphatic rings. The van der Waals surface area contributed by atoms with Gasteiger partial charge in [0.25, 0.3) is 0 Å². The van der Waals surface area contributed by atoms with Crippen molar-refractivity contribution in [3.8, 4) is 0 Å². The van der Waals surface area contributed by atoms with Gasteiger partial charge in [-0.2, -0.15) is 0 Å². The second-order valence-corrected chi connectivity index (χ2v) is 6.73. The Morgan fingerprint density at radius 3 is 2.37 bits per heavy atom. The molecular weight excluding hydrogens is 244 g/mol. The topological polar surface area (TPSA) is 78.4 Å². The maximum absolute atomic E-state index is 11.6. The molecule has 0 atom stereocenters. The van der Waals surface area contributed by atoms with E-state index in [0.717, 1.165) is 13.0 Å². The van der Waals surface area contributed by atoms with Gasteiger partial charge < -0.3 is 15.7 Å². The zero-order chi connectivity index (χ0) is 14.5. The Labute approximate surface area is 115 Å². The van der Waals surface area contributed by atoms with Gasteiger partial charge in [0.2, 0.25) is 0 Å². The van der Waals surface area contributed by atoms with Crippen molar-refractivity contribution in [2.45, 2.75) is 52.9 Å². The van der Waals surface area contributed by atoms with Gasteiger partial charge in [0.1, 0.15) is 0 Å². The molecule has 2 amide bonds. The third-order valence-electron chi connectivity index (χ3n) is 3.88. The minimum absolute atomic E-state index is 0.0614. The average Bonchev–Trinajstić information content (AvgIpc) is 3.03. The van der Waals surface area contributed by atoms with Gasteiger partial charge in [0, 0.05) is 19.5 Å². The Hall–Kier alpha value is -1.26. The molecule has 3 N–H and O–H groups in total. The molecule has 1 rings (SSSR count). The van der Waals surface area contributed by atoms with Gasteiger partial charge in [-0.1, -0.05) is 20.8 Å². The number of urea groups is 1. The van der Waals surface area contributed by atoms with Gasteiger partial charge in [0.05, 0.1) is 0 Å². The number of nitrogens with one attached hydrogen (secondary N) is 2. The first-order valence-corrected chi connectivity index (χ1v) is 6.96. The Balaban J connectivity index is 2.10. The molecule has 5 nitrogen and oxygen atoms in total. The molecule has 0 aromatic rings. The van der Waals surface area contributed by atoms with E-state index in [2.05, 4.69) is 17.6 Å². The number of carbonyl (C=O) groups excluding carboxylic acids is 1. The third-order valence-corrected chi connectivity index (χ3v) is 3.88. The minimum Gasteiger partial charge on any atom is -0.481 e. The number of carboxylic acids is 1. The quantitative estimate of drug-likeness (QED) is 0.633. The predicted octanol–water partition coefficient (Wildman–Crippen LogP) is 2.37. The van der Waals surface area contributed by atoms with E-state index in [1.165, 1.54) is 12.8 Å². The van der Waals surface area contributed by atoms with Gasteiger partial charge in [-0.15, -0.1) is 0 Å². The summed E-state index contributed by atoms with van der Waals surface area (Å²) >= 11 is 0. The Morgan fingerprint density at radius 1 is 1.21 bits per heavy atom. The van der Waals surface area contributed by atoms with Crippen LogP contribution in [0.15, 0.2) is 0 Å². The molecule has 110 valence electrons. The molecule has 0 spiro atoms. The summed E-state index contributed by atoms with van der Waals surface area (Å²) in [6.45, 7) is 7.54. The van der Waals surface area contributed by atoms with Crippen LogP contribution in [0.4, 0.5) is 4.79 Å². The lowest BCUT2D eigenvalue weighted by molar-refractivity contribution is -0.137. The van der Waals surface area contributed by atoms with Crippen molar-refractivity contribution < 1.29 is 14.7 Å². The Morgan fingerprint density at radius 2 is 1.84 bits per heavy atom. The molecule has 0 aromatic carbocycles. The average molecular weight is 270 g/mol. The van der Waals surface area contributed by atoms with Crippen LogP contribution in [-0.2, 0) is 4.79 Å². The number of hydrogen-bond acceptors (Lipinski definition) is 2. The highest BCUT2D eigenvalue weighted by Crippen LogP contribution is 2.43. The minimum atomic E-state index is -0.767. The van der Waals surface area contributed by atoms with E-state index < -0.39 is 5.97 Å². The fourth-order valence-corrected chi connectivity index (χ4v) is 1.83. The van der Waals surface area contributed by atoms with Gasteiger partial charge in [-0.05, 0) is 36.5 Å². The second kappa shape index (κ2) is 6.26. The van der Waals surface area contributed by atoms with E-state index in [1.54, 1.807) is 0 Å².